The highest BCUT2D eigenvalue weighted by Gasteiger charge is 2.23. The highest BCUT2D eigenvalue weighted by Crippen LogP contribution is 2.16. The number of nitrogens with one attached hydrogen (secondary N) is 2. The average molecular weight is 382 g/mol. The second kappa shape index (κ2) is 9.32. The summed E-state index contributed by atoms with van der Waals surface area (Å²) in [7, 11) is 0. The van der Waals surface area contributed by atoms with E-state index < -0.39 is 5.56 Å². The number of primary amides is 1. The third-order valence-electron chi connectivity index (χ3n) is 5.08. The monoisotopic (exact) mass is 382 g/mol. The van der Waals surface area contributed by atoms with Crippen LogP contribution in [0, 0.1) is 5.92 Å². The highest BCUT2D eigenvalue weighted by atomic mass is 16.2. The zero-order chi connectivity index (χ0) is 19.9. The fraction of sp³-hybridized carbons (Fsp3) is 0.381. The van der Waals surface area contributed by atoms with Crippen molar-refractivity contribution in [3.63, 3.8) is 0 Å². The predicted molar refractivity (Wildman–Crippen MR) is 108 cm³/mol. The average Bonchev–Trinajstić information content (AvgIpc) is 2.72. The topological polar surface area (TPSA) is 108 Å². The Kier molecular flexibility index (Phi) is 6.60. The van der Waals surface area contributed by atoms with E-state index in [1.807, 2.05) is 30.3 Å². The molecule has 1 unspecified atom stereocenters. The van der Waals surface area contributed by atoms with E-state index in [4.69, 9.17) is 5.73 Å². The highest BCUT2D eigenvalue weighted by molar-refractivity contribution is 5.94. The summed E-state index contributed by atoms with van der Waals surface area (Å²) in [6.45, 7) is 2.88. The predicted octanol–water partition coefficient (Wildman–Crippen LogP) is 1.36. The number of benzene rings is 1. The molecule has 1 aromatic heterocycles. The number of hydrogen-bond donors (Lipinski definition) is 3. The maximum atomic E-state index is 12.3. The lowest BCUT2D eigenvalue weighted by Gasteiger charge is -2.31. The molecule has 148 valence electrons. The summed E-state index contributed by atoms with van der Waals surface area (Å²) in [6, 6.07) is 12.8. The van der Waals surface area contributed by atoms with Crippen LogP contribution in [0.3, 0.4) is 0 Å². The molecule has 1 fully saturated rings. The molecule has 0 spiro atoms. The van der Waals surface area contributed by atoms with Crippen LogP contribution in [0.1, 0.15) is 29.6 Å². The second-order valence-electron chi connectivity index (χ2n) is 7.13. The van der Waals surface area contributed by atoms with Crippen molar-refractivity contribution in [2.24, 2.45) is 11.7 Å². The van der Waals surface area contributed by atoms with E-state index >= 15 is 0 Å². The summed E-state index contributed by atoms with van der Waals surface area (Å²) in [5, 5.41) is 2.80. The number of pyridine rings is 1. The summed E-state index contributed by atoms with van der Waals surface area (Å²) in [5.41, 5.74) is 6.66. The third-order valence-corrected chi connectivity index (χ3v) is 5.08. The van der Waals surface area contributed by atoms with Gasteiger partial charge in [-0.3, -0.25) is 14.4 Å². The molecular weight excluding hydrogens is 356 g/mol. The molecule has 0 aliphatic carbocycles. The first-order chi connectivity index (χ1) is 13.5. The Morgan fingerprint density at radius 3 is 2.68 bits per heavy atom. The first-order valence-corrected chi connectivity index (χ1v) is 9.63. The van der Waals surface area contributed by atoms with Gasteiger partial charge in [0.1, 0.15) is 5.56 Å². The van der Waals surface area contributed by atoms with Crippen molar-refractivity contribution in [3.8, 4) is 11.3 Å². The molecule has 2 aromatic rings. The lowest BCUT2D eigenvalue weighted by Crippen LogP contribution is -2.42. The Morgan fingerprint density at radius 1 is 1.18 bits per heavy atom. The van der Waals surface area contributed by atoms with Gasteiger partial charge in [-0.25, -0.2) is 0 Å². The van der Waals surface area contributed by atoms with Gasteiger partial charge in [-0.2, -0.15) is 0 Å². The summed E-state index contributed by atoms with van der Waals surface area (Å²) in [6.07, 6.45) is 2.56. The minimum Gasteiger partial charge on any atom is -0.369 e. The quantitative estimate of drug-likeness (QED) is 0.628. The molecule has 0 bridgehead atoms. The summed E-state index contributed by atoms with van der Waals surface area (Å²) >= 11 is 0. The van der Waals surface area contributed by atoms with Crippen molar-refractivity contribution in [2.45, 2.75) is 19.3 Å². The summed E-state index contributed by atoms with van der Waals surface area (Å²) < 4.78 is 0. The zero-order valence-electron chi connectivity index (χ0n) is 15.8. The van der Waals surface area contributed by atoms with Gasteiger partial charge in [-0.15, -0.1) is 0 Å². The Bertz CT molecular complexity index is 879. The molecule has 1 aliphatic heterocycles. The molecule has 2 heterocycles. The summed E-state index contributed by atoms with van der Waals surface area (Å²) in [5.74, 6) is -0.698. The number of nitrogens with two attached hydrogens (primary N) is 1. The fourth-order valence-corrected chi connectivity index (χ4v) is 3.53. The van der Waals surface area contributed by atoms with E-state index in [9.17, 15) is 14.4 Å². The zero-order valence-corrected chi connectivity index (χ0v) is 15.8. The molecule has 1 saturated heterocycles. The van der Waals surface area contributed by atoms with Gasteiger partial charge in [-0.05, 0) is 50.0 Å². The largest absolute Gasteiger partial charge is 0.369 e. The lowest BCUT2D eigenvalue weighted by atomic mass is 9.97. The Morgan fingerprint density at radius 2 is 1.96 bits per heavy atom. The SMILES string of the molecule is NC(=O)C1CCCN(CCCNC(=O)c2ccc(-c3ccccc3)[nH]c2=O)C1. The minimum absolute atomic E-state index is 0.0787. The van der Waals surface area contributed by atoms with Crippen LogP contribution < -0.4 is 16.6 Å². The molecule has 0 radical (unpaired) electrons. The minimum atomic E-state index is -0.404. The number of piperidine rings is 1. The van der Waals surface area contributed by atoms with Gasteiger partial charge in [0.25, 0.3) is 11.5 Å². The van der Waals surface area contributed by atoms with Crippen molar-refractivity contribution >= 4 is 11.8 Å². The number of likely N-dealkylation sites (tertiary alicyclic amines) is 1. The molecule has 2 amide bonds. The molecule has 1 atom stereocenters. The van der Waals surface area contributed by atoms with E-state index in [0.29, 0.717) is 18.8 Å². The lowest BCUT2D eigenvalue weighted by molar-refractivity contribution is -0.123. The van der Waals surface area contributed by atoms with Crippen LogP contribution in [0.15, 0.2) is 47.3 Å². The van der Waals surface area contributed by atoms with Crippen LogP contribution in [0.4, 0.5) is 0 Å². The number of aromatic nitrogens is 1. The van der Waals surface area contributed by atoms with Crippen LogP contribution in [0.2, 0.25) is 0 Å². The van der Waals surface area contributed by atoms with Gasteiger partial charge < -0.3 is 20.9 Å². The smallest absolute Gasteiger partial charge is 0.261 e. The number of carbonyl (C=O) groups excluding carboxylic acids is 2. The number of H-pyrrole nitrogens is 1. The number of nitrogens with zero attached hydrogens (tertiary/aromatic N) is 1. The van der Waals surface area contributed by atoms with E-state index in [1.165, 1.54) is 0 Å². The van der Waals surface area contributed by atoms with Crippen LogP contribution in [0.5, 0.6) is 0 Å². The maximum absolute atomic E-state index is 12.3. The standard InChI is InChI=1S/C21H26N4O3/c22-19(26)16-8-4-12-25(14-16)13-5-11-23-20(27)17-9-10-18(24-21(17)28)15-6-2-1-3-7-15/h1-3,6-7,9-10,16H,4-5,8,11-14H2,(H2,22,26)(H,23,27)(H,24,28). The van der Waals surface area contributed by atoms with Crippen molar-refractivity contribution in [1.29, 1.82) is 0 Å². The number of rotatable bonds is 7. The molecule has 1 aromatic carbocycles. The fourth-order valence-electron chi connectivity index (χ4n) is 3.53. The number of carbonyl (C=O) groups is 2. The third kappa shape index (κ3) is 5.07. The first kappa shape index (κ1) is 19.8. The Labute approximate surface area is 163 Å². The van der Waals surface area contributed by atoms with Gasteiger partial charge in [0.05, 0.1) is 5.92 Å². The number of hydrogen-bond acceptors (Lipinski definition) is 4. The molecule has 7 nitrogen and oxygen atoms in total. The second-order valence-corrected chi connectivity index (χ2v) is 7.13. The van der Waals surface area contributed by atoms with Crippen molar-refractivity contribution in [2.75, 3.05) is 26.2 Å². The molecule has 7 heteroatoms. The first-order valence-electron chi connectivity index (χ1n) is 9.63. The molecular formula is C21H26N4O3. The van der Waals surface area contributed by atoms with Crippen LogP contribution in [-0.2, 0) is 4.79 Å². The van der Waals surface area contributed by atoms with Gasteiger partial charge in [0.2, 0.25) is 5.91 Å². The van der Waals surface area contributed by atoms with E-state index in [-0.39, 0.29) is 23.3 Å². The van der Waals surface area contributed by atoms with Gasteiger partial charge in [-0.1, -0.05) is 30.3 Å². The Balaban J connectivity index is 1.49. The molecule has 1 aliphatic rings. The van der Waals surface area contributed by atoms with Gasteiger partial charge in [0.15, 0.2) is 0 Å². The van der Waals surface area contributed by atoms with Crippen molar-refractivity contribution < 1.29 is 9.59 Å². The summed E-state index contributed by atoms with van der Waals surface area (Å²) in [4.78, 5) is 40.9. The number of aromatic amines is 1. The Hall–Kier alpha value is -2.93. The molecule has 4 N–H and O–H groups in total. The van der Waals surface area contributed by atoms with Crippen LogP contribution in [-0.4, -0.2) is 47.9 Å². The van der Waals surface area contributed by atoms with E-state index in [1.54, 1.807) is 12.1 Å². The maximum Gasteiger partial charge on any atom is 0.261 e. The van der Waals surface area contributed by atoms with E-state index in [0.717, 1.165) is 37.9 Å². The number of amides is 2. The normalized spacial score (nSPS) is 17.2. The van der Waals surface area contributed by atoms with E-state index in [2.05, 4.69) is 15.2 Å². The van der Waals surface area contributed by atoms with Gasteiger partial charge in [0, 0.05) is 18.8 Å². The van der Waals surface area contributed by atoms with Gasteiger partial charge >= 0.3 is 0 Å². The van der Waals surface area contributed by atoms with Crippen molar-refractivity contribution in [3.05, 3.63) is 58.4 Å². The molecule has 28 heavy (non-hydrogen) atoms. The molecule has 3 rings (SSSR count). The van der Waals surface area contributed by atoms with Crippen LogP contribution >= 0.6 is 0 Å². The van der Waals surface area contributed by atoms with Crippen LogP contribution in [0.25, 0.3) is 11.3 Å². The molecule has 0 saturated carbocycles. The van der Waals surface area contributed by atoms with Crippen molar-refractivity contribution in [1.82, 2.24) is 15.2 Å².